The Morgan fingerprint density at radius 2 is 1.72 bits per heavy atom. The highest BCUT2D eigenvalue weighted by Crippen LogP contribution is 2.29. The van der Waals surface area contributed by atoms with Crippen molar-refractivity contribution in [1.82, 2.24) is 14.8 Å². The number of hydrogen-bond acceptors (Lipinski definition) is 5. The van der Waals surface area contributed by atoms with Crippen molar-refractivity contribution < 1.29 is 13.2 Å². The molecule has 0 aliphatic carbocycles. The zero-order chi connectivity index (χ0) is 18.2. The van der Waals surface area contributed by atoms with Crippen LogP contribution in [0, 0.1) is 0 Å². The van der Waals surface area contributed by atoms with Gasteiger partial charge in [-0.3, -0.25) is 4.79 Å². The molecule has 0 atom stereocenters. The second-order valence-electron chi connectivity index (χ2n) is 5.65. The smallest absolute Gasteiger partial charge is 0.367 e. The summed E-state index contributed by atoms with van der Waals surface area (Å²) in [5.41, 5.74) is -0.0859. The minimum Gasteiger partial charge on any atom is -0.367 e. The average molecular weight is 374 g/mol. The van der Waals surface area contributed by atoms with Crippen molar-refractivity contribution in [1.29, 1.82) is 0 Å². The van der Waals surface area contributed by atoms with E-state index in [2.05, 4.69) is 10.1 Å². The van der Waals surface area contributed by atoms with Gasteiger partial charge >= 0.3 is 6.18 Å². The van der Waals surface area contributed by atoms with Gasteiger partial charge in [-0.1, -0.05) is 11.6 Å². The van der Waals surface area contributed by atoms with Gasteiger partial charge in [-0.05, 0) is 12.1 Å². The number of pyridine rings is 1. The van der Waals surface area contributed by atoms with E-state index < -0.39 is 11.9 Å². The summed E-state index contributed by atoms with van der Waals surface area (Å²) in [5.74, 6) is 0. The van der Waals surface area contributed by atoms with Crippen molar-refractivity contribution in [3.05, 3.63) is 45.6 Å². The molecule has 0 unspecified atom stereocenters. The van der Waals surface area contributed by atoms with Crippen LogP contribution in [0.1, 0.15) is 5.69 Å². The Kier molecular flexibility index (Phi) is 4.59. The van der Waals surface area contributed by atoms with Crippen LogP contribution in [0.15, 0.2) is 29.3 Å². The summed E-state index contributed by atoms with van der Waals surface area (Å²) in [6.45, 7) is 2.27. The van der Waals surface area contributed by atoms with E-state index in [0.29, 0.717) is 37.6 Å². The fourth-order valence-corrected chi connectivity index (χ4v) is 2.96. The summed E-state index contributed by atoms with van der Waals surface area (Å²) in [6.07, 6.45) is -1.68. The number of halogens is 4. The molecular weight excluding hydrogens is 359 g/mol. The monoisotopic (exact) mass is 373 g/mol. The third-order valence-corrected chi connectivity index (χ3v) is 4.44. The lowest BCUT2D eigenvalue weighted by atomic mass is 10.2. The van der Waals surface area contributed by atoms with E-state index >= 15 is 0 Å². The first-order valence-electron chi connectivity index (χ1n) is 7.52. The number of anilines is 2. The molecule has 2 aromatic rings. The molecule has 1 aliphatic rings. The SMILES string of the molecule is Cn1ncc(N2CCN(c3ccc(C(F)(F)F)nc3)CC2)c(Cl)c1=O. The Morgan fingerprint density at radius 3 is 2.28 bits per heavy atom. The molecule has 134 valence electrons. The maximum Gasteiger partial charge on any atom is 0.433 e. The number of aromatic nitrogens is 3. The van der Waals surface area contributed by atoms with Crippen molar-refractivity contribution in [3.8, 4) is 0 Å². The predicted octanol–water partition coefficient (Wildman–Crippen LogP) is 2.17. The maximum atomic E-state index is 12.6. The Labute approximate surface area is 146 Å². The number of piperazine rings is 1. The summed E-state index contributed by atoms with van der Waals surface area (Å²) >= 11 is 6.10. The molecule has 3 heterocycles. The zero-order valence-corrected chi connectivity index (χ0v) is 14.0. The van der Waals surface area contributed by atoms with Gasteiger partial charge in [-0.2, -0.15) is 18.3 Å². The minimum absolute atomic E-state index is 0.113. The molecule has 1 saturated heterocycles. The lowest BCUT2D eigenvalue weighted by Gasteiger charge is -2.37. The third-order valence-electron chi connectivity index (χ3n) is 4.08. The van der Waals surface area contributed by atoms with Crippen LogP contribution in [0.2, 0.25) is 5.02 Å². The largest absolute Gasteiger partial charge is 0.433 e. The molecule has 6 nitrogen and oxygen atoms in total. The molecule has 3 rings (SSSR count). The zero-order valence-electron chi connectivity index (χ0n) is 13.3. The number of hydrogen-bond donors (Lipinski definition) is 0. The summed E-state index contributed by atoms with van der Waals surface area (Å²) in [7, 11) is 1.52. The quantitative estimate of drug-likeness (QED) is 0.807. The van der Waals surface area contributed by atoms with Gasteiger partial charge in [0.15, 0.2) is 0 Å². The van der Waals surface area contributed by atoms with E-state index in [1.54, 1.807) is 6.20 Å². The molecule has 0 N–H and O–H groups in total. The van der Waals surface area contributed by atoms with Crippen LogP contribution in [0.3, 0.4) is 0 Å². The molecule has 0 bridgehead atoms. The van der Waals surface area contributed by atoms with Crippen LogP contribution < -0.4 is 15.4 Å². The molecule has 0 saturated carbocycles. The number of aryl methyl sites for hydroxylation is 1. The highest BCUT2D eigenvalue weighted by molar-refractivity contribution is 6.33. The van der Waals surface area contributed by atoms with Crippen molar-refractivity contribution >= 4 is 23.0 Å². The number of alkyl halides is 3. The number of rotatable bonds is 2. The summed E-state index contributed by atoms with van der Waals surface area (Å²) in [6, 6.07) is 2.39. The van der Waals surface area contributed by atoms with Gasteiger partial charge in [-0.25, -0.2) is 9.67 Å². The molecular formula is C15H15ClF3N5O. The van der Waals surface area contributed by atoms with Gasteiger partial charge in [0.25, 0.3) is 5.56 Å². The normalized spacial score (nSPS) is 15.6. The van der Waals surface area contributed by atoms with Gasteiger partial charge in [-0.15, -0.1) is 0 Å². The second kappa shape index (κ2) is 6.55. The fourth-order valence-electron chi connectivity index (χ4n) is 2.67. The number of nitrogens with zero attached hydrogens (tertiary/aromatic N) is 5. The first-order chi connectivity index (χ1) is 11.8. The van der Waals surface area contributed by atoms with E-state index in [0.717, 1.165) is 10.7 Å². The van der Waals surface area contributed by atoms with Gasteiger partial charge in [0.2, 0.25) is 0 Å². The van der Waals surface area contributed by atoms with Crippen molar-refractivity contribution in [3.63, 3.8) is 0 Å². The predicted molar refractivity (Wildman–Crippen MR) is 88.2 cm³/mol. The standard InChI is InChI=1S/C15H15ClF3N5O/c1-22-14(25)13(16)11(9-21-22)24-6-4-23(5-7-24)10-2-3-12(20-8-10)15(17,18)19/h2-3,8-9H,4-7H2,1H3. The van der Waals surface area contributed by atoms with E-state index in [-0.39, 0.29) is 10.6 Å². The lowest BCUT2D eigenvalue weighted by molar-refractivity contribution is -0.141. The molecule has 1 fully saturated rings. The van der Waals surface area contributed by atoms with Crippen LogP contribution in [0.25, 0.3) is 0 Å². The molecule has 0 aromatic carbocycles. The van der Waals surface area contributed by atoms with Gasteiger partial charge in [0.05, 0.1) is 23.8 Å². The Morgan fingerprint density at radius 1 is 1.08 bits per heavy atom. The first-order valence-corrected chi connectivity index (χ1v) is 7.90. The first kappa shape index (κ1) is 17.5. The van der Waals surface area contributed by atoms with E-state index in [1.165, 1.54) is 19.3 Å². The summed E-state index contributed by atoms with van der Waals surface area (Å²) in [4.78, 5) is 19.2. The van der Waals surface area contributed by atoms with Crippen LogP contribution in [-0.2, 0) is 13.2 Å². The average Bonchev–Trinajstić information content (AvgIpc) is 2.59. The molecule has 1 aliphatic heterocycles. The van der Waals surface area contributed by atoms with E-state index in [1.807, 2.05) is 9.80 Å². The van der Waals surface area contributed by atoms with Crippen LogP contribution in [0.5, 0.6) is 0 Å². The Hall–Kier alpha value is -2.29. The molecule has 0 radical (unpaired) electrons. The van der Waals surface area contributed by atoms with Gasteiger partial charge < -0.3 is 9.80 Å². The van der Waals surface area contributed by atoms with E-state index in [4.69, 9.17) is 11.6 Å². The molecule has 0 amide bonds. The maximum absolute atomic E-state index is 12.6. The van der Waals surface area contributed by atoms with Crippen LogP contribution in [0.4, 0.5) is 24.5 Å². The Balaban J connectivity index is 1.70. The minimum atomic E-state index is -4.44. The lowest BCUT2D eigenvalue weighted by Crippen LogP contribution is -2.47. The molecule has 10 heteroatoms. The van der Waals surface area contributed by atoms with E-state index in [9.17, 15) is 18.0 Å². The summed E-state index contributed by atoms with van der Waals surface area (Å²) in [5, 5.41) is 4.09. The highest BCUT2D eigenvalue weighted by Gasteiger charge is 2.32. The molecule has 2 aromatic heterocycles. The Bertz CT molecular complexity index is 813. The van der Waals surface area contributed by atoms with Gasteiger partial charge in [0, 0.05) is 33.2 Å². The van der Waals surface area contributed by atoms with Crippen molar-refractivity contribution in [2.45, 2.75) is 6.18 Å². The topological polar surface area (TPSA) is 54.3 Å². The second-order valence-corrected chi connectivity index (χ2v) is 6.02. The van der Waals surface area contributed by atoms with Crippen LogP contribution in [-0.4, -0.2) is 40.9 Å². The van der Waals surface area contributed by atoms with Gasteiger partial charge in [0.1, 0.15) is 10.7 Å². The van der Waals surface area contributed by atoms with Crippen molar-refractivity contribution in [2.24, 2.45) is 7.05 Å². The summed E-state index contributed by atoms with van der Waals surface area (Å²) < 4.78 is 38.9. The highest BCUT2D eigenvalue weighted by atomic mass is 35.5. The van der Waals surface area contributed by atoms with Crippen molar-refractivity contribution in [2.75, 3.05) is 36.0 Å². The van der Waals surface area contributed by atoms with Crippen LogP contribution >= 0.6 is 11.6 Å². The molecule has 0 spiro atoms. The fraction of sp³-hybridized carbons (Fsp3) is 0.400. The molecule has 25 heavy (non-hydrogen) atoms. The third kappa shape index (κ3) is 3.55.